The van der Waals surface area contributed by atoms with Crippen LogP contribution in [0.15, 0.2) is 53.4 Å². The Morgan fingerprint density at radius 2 is 1.76 bits per heavy atom. The summed E-state index contributed by atoms with van der Waals surface area (Å²) in [7, 11) is -1.10. The van der Waals surface area contributed by atoms with Crippen molar-refractivity contribution >= 4 is 10.8 Å². The normalized spacial score (nSPS) is 15.4. The van der Waals surface area contributed by atoms with Crippen molar-refractivity contribution in [2.75, 3.05) is 0 Å². The van der Waals surface area contributed by atoms with E-state index >= 15 is 0 Å². The average molecular weight is 301 g/mol. The van der Waals surface area contributed by atoms with E-state index in [0.29, 0.717) is 0 Å². The molecule has 0 radical (unpaired) electrons. The van der Waals surface area contributed by atoms with E-state index < -0.39 is 10.8 Å². The van der Waals surface area contributed by atoms with E-state index in [0.717, 1.165) is 28.0 Å². The minimum Gasteiger partial charge on any atom is -0.323 e. The van der Waals surface area contributed by atoms with Crippen molar-refractivity contribution in [1.29, 1.82) is 0 Å². The molecule has 2 aromatic carbocycles. The first-order valence-electron chi connectivity index (χ1n) is 7.33. The molecule has 0 aliphatic heterocycles. The summed E-state index contributed by atoms with van der Waals surface area (Å²) in [5.41, 5.74) is 9.63. The molecule has 0 spiro atoms. The molecule has 2 aromatic rings. The van der Waals surface area contributed by atoms with Crippen LogP contribution in [0.25, 0.3) is 0 Å². The molecule has 2 nitrogen and oxygen atoms in total. The molecule has 0 bridgehead atoms. The predicted octanol–water partition coefficient (Wildman–Crippen LogP) is 3.89. The number of benzene rings is 2. The SMILES string of the molecule is CCC(C(N)c1ccccc1)S(=O)c1cc(C)ccc1C. The second kappa shape index (κ2) is 7.01. The van der Waals surface area contributed by atoms with Gasteiger partial charge in [-0.1, -0.05) is 49.4 Å². The molecule has 21 heavy (non-hydrogen) atoms. The molecule has 0 heterocycles. The number of hydrogen-bond acceptors (Lipinski definition) is 2. The summed E-state index contributed by atoms with van der Waals surface area (Å²) in [5, 5.41) is -0.0760. The Morgan fingerprint density at radius 3 is 2.38 bits per heavy atom. The van der Waals surface area contributed by atoms with Crippen LogP contribution in [0.4, 0.5) is 0 Å². The van der Waals surface area contributed by atoms with Crippen molar-refractivity contribution in [2.24, 2.45) is 5.73 Å². The fourth-order valence-corrected chi connectivity index (χ4v) is 4.26. The van der Waals surface area contributed by atoms with Gasteiger partial charge in [0.15, 0.2) is 0 Å². The molecular weight excluding hydrogens is 278 g/mol. The zero-order chi connectivity index (χ0) is 15.4. The molecule has 112 valence electrons. The quantitative estimate of drug-likeness (QED) is 0.910. The van der Waals surface area contributed by atoms with Gasteiger partial charge in [-0.15, -0.1) is 0 Å². The van der Waals surface area contributed by atoms with E-state index in [1.54, 1.807) is 0 Å². The maximum Gasteiger partial charge on any atom is 0.0584 e. The Balaban J connectivity index is 2.33. The Bertz CT molecular complexity index is 624. The van der Waals surface area contributed by atoms with Crippen LogP contribution in [0.1, 0.15) is 36.1 Å². The van der Waals surface area contributed by atoms with E-state index in [9.17, 15) is 4.21 Å². The lowest BCUT2D eigenvalue weighted by molar-refractivity contribution is 0.611. The van der Waals surface area contributed by atoms with Gasteiger partial charge in [-0.2, -0.15) is 0 Å². The first kappa shape index (κ1) is 15.9. The molecule has 3 atom stereocenters. The van der Waals surface area contributed by atoms with Crippen molar-refractivity contribution in [2.45, 2.75) is 43.4 Å². The van der Waals surface area contributed by atoms with Gasteiger partial charge in [-0.05, 0) is 43.0 Å². The van der Waals surface area contributed by atoms with E-state index in [1.165, 1.54) is 0 Å². The lowest BCUT2D eigenvalue weighted by Crippen LogP contribution is -2.30. The summed E-state index contributed by atoms with van der Waals surface area (Å²) in [6, 6.07) is 15.8. The molecule has 0 fully saturated rings. The highest BCUT2D eigenvalue weighted by atomic mass is 32.2. The fourth-order valence-electron chi connectivity index (χ4n) is 2.52. The monoisotopic (exact) mass is 301 g/mol. The Morgan fingerprint density at radius 1 is 1.10 bits per heavy atom. The van der Waals surface area contributed by atoms with Gasteiger partial charge >= 0.3 is 0 Å². The fraction of sp³-hybridized carbons (Fsp3) is 0.333. The summed E-state index contributed by atoms with van der Waals surface area (Å²) < 4.78 is 13.0. The highest BCUT2D eigenvalue weighted by Gasteiger charge is 2.25. The molecular formula is C18H23NOS. The van der Waals surface area contributed by atoms with Crippen LogP contribution in [0, 0.1) is 13.8 Å². The number of rotatable bonds is 5. The largest absolute Gasteiger partial charge is 0.323 e. The topological polar surface area (TPSA) is 43.1 Å². The van der Waals surface area contributed by atoms with Gasteiger partial charge < -0.3 is 5.73 Å². The maximum absolute atomic E-state index is 13.0. The summed E-state index contributed by atoms with van der Waals surface area (Å²) in [6.45, 7) is 6.09. The molecule has 0 aromatic heterocycles. The van der Waals surface area contributed by atoms with Gasteiger partial charge in [-0.3, -0.25) is 4.21 Å². The van der Waals surface area contributed by atoms with Gasteiger partial charge in [0, 0.05) is 10.9 Å². The zero-order valence-electron chi connectivity index (χ0n) is 12.9. The van der Waals surface area contributed by atoms with Crippen molar-refractivity contribution < 1.29 is 4.21 Å². The molecule has 0 aliphatic rings. The molecule has 0 amide bonds. The summed E-state index contributed by atoms with van der Waals surface area (Å²) in [6.07, 6.45) is 0.788. The smallest absolute Gasteiger partial charge is 0.0584 e. The van der Waals surface area contributed by atoms with Crippen LogP contribution in [-0.4, -0.2) is 9.46 Å². The standard InChI is InChI=1S/C18H23NOS/c1-4-16(18(19)15-8-6-5-7-9-15)21(20)17-12-13(2)10-11-14(17)3/h5-12,16,18H,4,19H2,1-3H3. The highest BCUT2D eigenvalue weighted by Crippen LogP contribution is 2.27. The predicted molar refractivity (Wildman–Crippen MR) is 89.8 cm³/mol. The van der Waals surface area contributed by atoms with Gasteiger partial charge in [0.25, 0.3) is 0 Å². The number of nitrogens with two attached hydrogens (primary N) is 1. The van der Waals surface area contributed by atoms with Gasteiger partial charge in [0.2, 0.25) is 0 Å². The van der Waals surface area contributed by atoms with E-state index in [-0.39, 0.29) is 11.3 Å². The molecule has 3 unspecified atom stereocenters. The minimum atomic E-state index is -1.10. The van der Waals surface area contributed by atoms with Crippen LogP contribution in [-0.2, 0) is 10.8 Å². The van der Waals surface area contributed by atoms with Crippen molar-refractivity contribution in [3.8, 4) is 0 Å². The third-order valence-electron chi connectivity index (χ3n) is 3.82. The highest BCUT2D eigenvalue weighted by molar-refractivity contribution is 7.85. The second-order valence-corrected chi connectivity index (χ2v) is 7.09. The molecule has 2 N–H and O–H groups in total. The van der Waals surface area contributed by atoms with Crippen LogP contribution in [0.3, 0.4) is 0 Å². The van der Waals surface area contributed by atoms with Crippen LogP contribution in [0.5, 0.6) is 0 Å². The molecule has 2 rings (SSSR count). The Hall–Kier alpha value is -1.45. The second-order valence-electron chi connectivity index (χ2n) is 5.45. The molecule has 0 saturated carbocycles. The lowest BCUT2D eigenvalue weighted by Gasteiger charge is -2.23. The molecule has 0 saturated heterocycles. The lowest BCUT2D eigenvalue weighted by atomic mass is 10.0. The van der Waals surface area contributed by atoms with Crippen molar-refractivity contribution in [3.63, 3.8) is 0 Å². The van der Waals surface area contributed by atoms with Gasteiger partial charge in [0.1, 0.15) is 0 Å². The number of hydrogen-bond donors (Lipinski definition) is 1. The third-order valence-corrected chi connectivity index (χ3v) is 5.87. The maximum atomic E-state index is 13.0. The van der Waals surface area contributed by atoms with E-state index in [4.69, 9.17) is 5.73 Å². The van der Waals surface area contributed by atoms with Crippen LogP contribution in [0.2, 0.25) is 0 Å². The average Bonchev–Trinajstić information content (AvgIpc) is 2.51. The summed E-state index contributed by atoms with van der Waals surface area (Å²) in [5.74, 6) is 0. The Labute approximate surface area is 129 Å². The summed E-state index contributed by atoms with van der Waals surface area (Å²) >= 11 is 0. The van der Waals surface area contributed by atoms with Crippen LogP contribution < -0.4 is 5.73 Å². The molecule has 3 heteroatoms. The van der Waals surface area contributed by atoms with Crippen molar-refractivity contribution in [1.82, 2.24) is 0 Å². The van der Waals surface area contributed by atoms with Crippen LogP contribution >= 0.6 is 0 Å². The third kappa shape index (κ3) is 3.60. The summed E-state index contributed by atoms with van der Waals surface area (Å²) in [4.78, 5) is 0.910. The van der Waals surface area contributed by atoms with Gasteiger partial charge in [0.05, 0.1) is 16.0 Å². The number of aryl methyl sites for hydroxylation is 2. The van der Waals surface area contributed by atoms with Gasteiger partial charge in [-0.25, -0.2) is 0 Å². The Kier molecular flexibility index (Phi) is 5.32. The van der Waals surface area contributed by atoms with E-state index in [1.807, 2.05) is 62.4 Å². The van der Waals surface area contributed by atoms with E-state index in [2.05, 4.69) is 6.92 Å². The molecule has 0 aliphatic carbocycles. The zero-order valence-corrected chi connectivity index (χ0v) is 13.7. The van der Waals surface area contributed by atoms with Crippen molar-refractivity contribution in [3.05, 3.63) is 65.2 Å². The first-order valence-corrected chi connectivity index (χ1v) is 8.54. The first-order chi connectivity index (χ1) is 10.0. The minimum absolute atomic E-state index is 0.0760.